The first-order valence-corrected chi connectivity index (χ1v) is 11.6. The highest BCUT2D eigenvalue weighted by molar-refractivity contribution is 7.92. The molecule has 0 atom stereocenters. The number of halogens is 1. The molecule has 0 bridgehead atoms. The SMILES string of the molecule is Cc1cc(S(=O)(=O)Nc2ccc(F)cc2)ccc1OCC(=O)NC1CCCCCC1. The van der Waals surface area contributed by atoms with E-state index < -0.39 is 15.8 Å². The van der Waals surface area contributed by atoms with E-state index in [1.165, 1.54) is 55.3 Å². The molecule has 0 heterocycles. The van der Waals surface area contributed by atoms with E-state index in [0.717, 1.165) is 25.7 Å². The second kappa shape index (κ2) is 9.93. The Morgan fingerprint density at radius 3 is 2.37 bits per heavy atom. The van der Waals surface area contributed by atoms with Crippen molar-refractivity contribution in [3.05, 3.63) is 53.8 Å². The van der Waals surface area contributed by atoms with Crippen molar-refractivity contribution in [2.75, 3.05) is 11.3 Å². The lowest BCUT2D eigenvalue weighted by Crippen LogP contribution is -2.37. The van der Waals surface area contributed by atoms with Gasteiger partial charge in [0.05, 0.1) is 4.90 Å². The topological polar surface area (TPSA) is 84.5 Å². The molecule has 2 N–H and O–H groups in total. The molecular formula is C22H27FN2O4S. The summed E-state index contributed by atoms with van der Waals surface area (Å²) in [7, 11) is -3.83. The molecular weight excluding hydrogens is 407 g/mol. The molecule has 8 heteroatoms. The first-order valence-electron chi connectivity index (χ1n) is 10.1. The van der Waals surface area contributed by atoms with Gasteiger partial charge in [-0.3, -0.25) is 9.52 Å². The van der Waals surface area contributed by atoms with Gasteiger partial charge in [0, 0.05) is 11.7 Å². The highest BCUT2D eigenvalue weighted by atomic mass is 32.2. The summed E-state index contributed by atoms with van der Waals surface area (Å²) in [5, 5.41) is 3.02. The summed E-state index contributed by atoms with van der Waals surface area (Å²) in [6, 6.07) is 9.69. The number of sulfonamides is 1. The minimum Gasteiger partial charge on any atom is -0.484 e. The molecule has 1 amide bonds. The molecule has 0 spiro atoms. The van der Waals surface area contributed by atoms with Crippen LogP contribution in [0, 0.1) is 12.7 Å². The first kappa shape index (κ1) is 22.1. The predicted octanol–water partition coefficient (Wildman–Crippen LogP) is 4.15. The molecule has 1 aliphatic rings. The highest BCUT2D eigenvalue weighted by Crippen LogP contribution is 2.24. The minimum absolute atomic E-state index is 0.0552. The van der Waals surface area contributed by atoms with Crippen molar-refractivity contribution < 1.29 is 22.3 Å². The van der Waals surface area contributed by atoms with Crippen molar-refractivity contribution in [1.82, 2.24) is 5.32 Å². The van der Waals surface area contributed by atoms with Crippen molar-refractivity contribution in [2.45, 2.75) is 56.4 Å². The number of hydrogen-bond donors (Lipinski definition) is 2. The molecule has 2 aromatic rings. The van der Waals surface area contributed by atoms with Gasteiger partial charge in [0.15, 0.2) is 6.61 Å². The van der Waals surface area contributed by atoms with Crippen molar-refractivity contribution in [3.8, 4) is 5.75 Å². The zero-order valence-corrected chi connectivity index (χ0v) is 17.8. The Morgan fingerprint density at radius 1 is 1.07 bits per heavy atom. The lowest BCUT2D eigenvalue weighted by molar-refractivity contribution is -0.123. The third-order valence-corrected chi connectivity index (χ3v) is 6.51. The molecule has 2 aromatic carbocycles. The van der Waals surface area contributed by atoms with Crippen molar-refractivity contribution in [2.24, 2.45) is 0 Å². The number of anilines is 1. The van der Waals surface area contributed by atoms with Crippen LogP contribution in [0.2, 0.25) is 0 Å². The summed E-state index contributed by atoms with van der Waals surface area (Å²) in [4.78, 5) is 12.2. The molecule has 0 saturated heterocycles. The Bertz CT molecular complexity index is 969. The fraction of sp³-hybridized carbons (Fsp3) is 0.409. The zero-order chi connectivity index (χ0) is 21.6. The van der Waals surface area contributed by atoms with E-state index >= 15 is 0 Å². The quantitative estimate of drug-likeness (QED) is 0.641. The summed E-state index contributed by atoms with van der Waals surface area (Å²) >= 11 is 0. The molecule has 6 nitrogen and oxygen atoms in total. The van der Waals surface area contributed by atoms with Gasteiger partial charge in [0.25, 0.3) is 15.9 Å². The average molecular weight is 435 g/mol. The molecule has 162 valence electrons. The maximum absolute atomic E-state index is 13.0. The number of carbonyl (C=O) groups is 1. The van der Waals surface area contributed by atoms with Gasteiger partial charge in [-0.15, -0.1) is 0 Å². The van der Waals surface area contributed by atoms with Crippen LogP contribution in [-0.4, -0.2) is 27.0 Å². The Morgan fingerprint density at radius 2 is 1.73 bits per heavy atom. The van der Waals surface area contributed by atoms with Gasteiger partial charge in [-0.2, -0.15) is 0 Å². The smallest absolute Gasteiger partial charge is 0.261 e. The maximum Gasteiger partial charge on any atom is 0.261 e. The van der Waals surface area contributed by atoms with Crippen LogP contribution in [0.15, 0.2) is 47.4 Å². The second-order valence-electron chi connectivity index (χ2n) is 7.58. The maximum atomic E-state index is 13.0. The predicted molar refractivity (Wildman–Crippen MR) is 114 cm³/mol. The number of carbonyl (C=O) groups excluding carboxylic acids is 1. The van der Waals surface area contributed by atoms with E-state index in [1.807, 2.05) is 0 Å². The molecule has 0 aliphatic heterocycles. The number of nitrogens with one attached hydrogen (secondary N) is 2. The lowest BCUT2D eigenvalue weighted by atomic mass is 10.1. The summed E-state index contributed by atoms with van der Waals surface area (Å²) < 4.78 is 46.1. The van der Waals surface area contributed by atoms with Crippen LogP contribution in [0.4, 0.5) is 10.1 Å². The van der Waals surface area contributed by atoms with Crippen LogP contribution in [0.5, 0.6) is 5.75 Å². The zero-order valence-electron chi connectivity index (χ0n) is 17.0. The molecule has 0 radical (unpaired) electrons. The van der Waals surface area contributed by atoms with Crippen LogP contribution < -0.4 is 14.8 Å². The second-order valence-corrected chi connectivity index (χ2v) is 9.27. The third-order valence-electron chi connectivity index (χ3n) is 5.13. The van der Waals surface area contributed by atoms with Crippen molar-refractivity contribution >= 4 is 21.6 Å². The lowest BCUT2D eigenvalue weighted by Gasteiger charge is -2.17. The van der Waals surface area contributed by atoms with Crippen LogP contribution >= 0.6 is 0 Å². The van der Waals surface area contributed by atoms with Gasteiger partial charge in [-0.25, -0.2) is 12.8 Å². The monoisotopic (exact) mass is 434 g/mol. The number of amides is 1. The van der Waals surface area contributed by atoms with Crippen LogP contribution in [0.1, 0.15) is 44.1 Å². The van der Waals surface area contributed by atoms with Gasteiger partial charge >= 0.3 is 0 Å². The molecule has 0 unspecified atom stereocenters. The van der Waals surface area contributed by atoms with Gasteiger partial charge in [-0.1, -0.05) is 25.7 Å². The van der Waals surface area contributed by atoms with Gasteiger partial charge in [-0.05, 0) is 67.8 Å². The van der Waals surface area contributed by atoms with E-state index in [1.54, 1.807) is 6.92 Å². The van der Waals surface area contributed by atoms with E-state index in [2.05, 4.69) is 10.0 Å². The number of benzene rings is 2. The van der Waals surface area contributed by atoms with Crippen LogP contribution in [0.25, 0.3) is 0 Å². The minimum atomic E-state index is -3.83. The highest BCUT2D eigenvalue weighted by Gasteiger charge is 2.18. The van der Waals surface area contributed by atoms with Crippen LogP contribution in [0.3, 0.4) is 0 Å². The van der Waals surface area contributed by atoms with E-state index in [-0.39, 0.29) is 29.1 Å². The fourth-order valence-electron chi connectivity index (χ4n) is 3.52. The number of hydrogen-bond acceptors (Lipinski definition) is 4. The number of aryl methyl sites for hydroxylation is 1. The Labute approximate surface area is 176 Å². The Hall–Kier alpha value is -2.61. The van der Waals surface area contributed by atoms with Crippen molar-refractivity contribution in [1.29, 1.82) is 0 Å². The van der Waals surface area contributed by atoms with E-state index in [4.69, 9.17) is 4.74 Å². The van der Waals surface area contributed by atoms with Gasteiger partial charge in [0.1, 0.15) is 11.6 Å². The molecule has 3 rings (SSSR count). The van der Waals surface area contributed by atoms with Crippen molar-refractivity contribution in [3.63, 3.8) is 0 Å². The Balaban J connectivity index is 1.58. The molecule has 30 heavy (non-hydrogen) atoms. The molecule has 1 saturated carbocycles. The largest absolute Gasteiger partial charge is 0.484 e. The standard InChI is InChI=1S/C22H27FN2O4S/c1-16-14-20(30(27,28)25-19-10-8-17(23)9-11-19)12-13-21(16)29-15-22(26)24-18-6-4-2-3-5-7-18/h8-14,18,25H,2-7,15H2,1H3,(H,24,26). The molecule has 1 aliphatic carbocycles. The van der Waals surface area contributed by atoms with Gasteiger partial charge in [0.2, 0.25) is 0 Å². The van der Waals surface area contributed by atoms with Gasteiger partial charge < -0.3 is 10.1 Å². The van der Waals surface area contributed by atoms with E-state index in [9.17, 15) is 17.6 Å². The third kappa shape index (κ3) is 6.19. The summed E-state index contributed by atoms with van der Waals surface area (Å²) in [5.41, 5.74) is 0.865. The summed E-state index contributed by atoms with van der Waals surface area (Å²) in [6.45, 7) is 1.60. The summed E-state index contributed by atoms with van der Waals surface area (Å²) in [5.74, 6) is -0.166. The number of rotatable bonds is 7. The first-order chi connectivity index (χ1) is 14.3. The molecule has 1 fully saturated rings. The fourth-order valence-corrected chi connectivity index (χ4v) is 4.66. The van der Waals surface area contributed by atoms with E-state index in [0.29, 0.717) is 11.3 Å². The average Bonchev–Trinajstić information content (AvgIpc) is 2.97. The van der Waals surface area contributed by atoms with Crippen LogP contribution in [-0.2, 0) is 14.8 Å². The Kier molecular flexibility index (Phi) is 7.31. The number of ether oxygens (including phenoxy) is 1. The summed E-state index contributed by atoms with van der Waals surface area (Å²) in [6.07, 6.45) is 6.69. The normalized spacial score (nSPS) is 15.3. The molecule has 0 aromatic heterocycles.